The Hall–Kier alpha value is -1.07. The van der Waals surface area contributed by atoms with Crippen molar-refractivity contribution in [2.75, 3.05) is 13.2 Å². The molecule has 7 atom stereocenters. The summed E-state index contributed by atoms with van der Waals surface area (Å²) in [7, 11) is 0. The van der Waals surface area contributed by atoms with Crippen LogP contribution >= 0.6 is 0 Å². The molecule has 6 N–H and O–H groups in total. The molecular weight excluding hydrogens is 767 g/mol. The van der Waals surface area contributed by atoms with Crippen molar-refractivity contribution in [1.82, 2.24) is 5.32 Å². The van der Waals surface area contributed by atoms with Gasteiger partial charge in [0, 0.05) is 6.42 Å². The molecule has 362 valence electrons. The molecule has 1 heterocycles. The highest BCUT2D eigenvalue weighted by Crippen LogP contribution is 2.23. The van der Waals surface area contributed by atoms with Crippen LogP contribution in [0.5, 0.6) is 0 Å². The first kappa shape index (κ1) is 57.9. The minimum atomic E-state index is -1.56. The van der Waals surface area contributed by atoms with E-state index >= 15 is 0 Å². The summed E-state index contributed by atoms with van der Waals surface area (Å²) in [6, 6.07) is -0.799. The first-order valence-electron chi connectivity index (χ1n) is 26.4. The molecule has 0 aliphatic carbocycles. The van der Waals surface area contributed by atoms with Gasteiger partial charge in [0.05, 0.1) is 25.4 Å². The second-order valence-corrected chi connectivity index (χ2v) is 18.7. The fourth-order valence-corrected chi connectivity index (χ4v) is 8.63. The molecule has 9 nitrogen and oxygen atoms in total. The smallest absolute Gasteiger partial charge is 0.220 e. The largest absolute Gasteiger partial charge is 0.394 e. The van der Waals surface area contributed by atoms with E-state index in [1.807, 2.05) is 6.08 Å². The second-order valence-electron chi connectivity index (χ2n) is 18.7. The molecule has 7 unspecified atom stereocenters. The first-order chi connectivity index (χ1) is 29.8. The van der Waals surface area contributed by atoms with Crippen LogP contribution in [0.25, 0.3) is 0 Å². The monoisotopic (exact) mass is 868 g/mol. The maximum absolute atomic E-state index is 13.0. The molecule has 0 aromatic carbocycles. The minimum Gasteiger partial charge on any atom is -0.394 e. The van der Waals surface area contributed by atoms with Gasteiger partial charge in [0.2, 0.25) is 5.91 Å². The number of amides is 1. The average Bonchev–Trinajstić information content (AvgIpc) is 3.26. The standard InChI is InChI=1S/C52H101NO8/c1-3-5-7-9-11-13-15-17-19-20-21-22-23-24-25-26-28-30-32-34-36-38-40-42-48(56)53-45(44-60-52-51(59)50(58)49(57)47(43-54)61-52)46(55)41-39-37-35-33-31-29-27-18-16-14-12-10-8-6-4-2/h39,41,45-47,49-52,54-55,57-59H,3-38,40,42-44H2,1-2H3,(H,53,56)/b41-39+. The number of carbonyl (C=O) groups excluding carboxylic acids is 1. The average molecular weight is 868 g/mol. The second kappa shape index (κ2) is 42.9. The van der Waals surface area contributed by atoms with Gasteiger partial charge < -0.3 is 40.3 Å². The van der Waals surface area contributed by atoms with Gasteiger partial charge in [0.1, 0.15) is 24.4 Å². The lowest BCUT2D eigenvalue weighted by molar-refractivity contribution is -0.302. The zero-order valence-corrected chi connectivity index (χ0v) is 39.9. The number of nitrogens with one attached hydrogen (secondary N) is 1. The number of aliphatic hydroxyl groups excluding tert-OH is 5. The molecule has 0 radical (unpaired) electrons. The number of hydrogen-bond donors (Lipinski definition) is 6. The summed E-state index contributed by atoms with van der Waals surface area (Å²) in [5.74, 6) is -0.171. The Morgan fingerprint density at radius 1 is 0.541 bits per heavy atom. The van der Waals surface area contributed by atoms with Gasteiger partial charge in [-0.2, -0.15) is 0 Å². The molecule has 61 heavy (non-hydrogen) atoms. The van der Waals surface area contributed by atoms with E-state index in [0.717, 1.165) is 38.5 Å². The van der Waals surface area contributed by atoms with Gasteiger partial charge in [0.25, 0.3) is 0 Å². The van der Waals surface area contributed by atoms with Crippen molar-refractivity contribution in [2.24, 2.45) is 0 Å². The van der Waals surface area contributed by atoms with Gasteiger partial charge in [-0.25, -0.2) is 0 Å². The quantitative estimate of drug-likeness (QED) is 0.0262. The summed E-state index contributed by atoms with van der Waals surface area (Å²) < 4.78 is 11.2. The van der Waals surface area contributed by atoms with Gasteiger partial charge in [-0.1, -0.05) is 244 Å². The van der Waals surface area contributed by atoms with Gasteiger partial charge in [-0.3, -0.25) is 4.79 Å². The molecule has 1 saturated heterocycles. The van der Waals surface area contributed by atoms with Crippen molar-refractivity contribution in [3.8, 4) is 0 Å². The first-order valence-corrected chi connectivity index (χ1v) is 26.4. The Morgan fingerprint density at radius 2 is 0.902 bits per heavy atom. The third-order valence-corrected chi connectivity index (χ3v) is 12.9. The molecule has 0 spiro atoms. The number of ether oxygens (including phenoxy) is 2. The maximum atomic E-state index is 13.0. The molecule has 0 saturated carbocycles. The van der Waals surface area contributed by atoms with E-state index < -0.39 is 49.5 Å². The zero-order valence-electron chi connectivity index (χ0n) is 39.9. The Morgan fingerprint density at radius 3 is 1.28 bits per heavy atom. The predicted molar refractivity (Wildman–Crippen MR) is 254 cm³/mol. The predicted octanol–water partition coefficient (Wildman–Crippen LogP) is 12.1. The third kappa shape index (κ3) is 33.1. The summed E-state index contributed by atoms with van der Waals surface area (Å²) in [5.41, 5.74) is 0. The number of rotatable bonds is 45. The lowest BCUT2D eigenvalue weighted by atomic mass is 9.99. The zero-order chi connectivity index (χ0) is 44.4. The molecule has 1 fully saturated rings. The summed E-state index contributed by atoms with van der Waals surface area (Å²) in [6.45, 7) is 3.80. The van der Waals surface area contributed by atoms with E-state index in [1.54, 1.807) is 6.08 Å². The van der Waals surface area contributed by atoms with E-state index in [4.69, 9.17) is 9.47 Å². The van der Waals surface area contributed by atoms with E-state index in [2.05, 4.69) is 19.2 Å². The molecule has 0 aromatic rings. The van der Waals surface area contributed by atoms with Gasteiger partial charge in [0.15, 0.2) is 6.29 Å². The van der Waals surface area contributed by atoms with Crippen molar-refractivity contribution in [1.29, 1.82) is 0 Å². The van der Waals surface area contributed by atoms with E-state index in [9.17, 15) is 30.3 Å². The topological polar surface area (TPSA) is 149 Å². The summed E-state index contributed by atoms with van der Waals surface area (Å²) >= 11 is 0. The minimum absolute atomic E-state index is 0.171. The Balaban J connectivity index is 2.24. The number of carbonyl (C=O) groups is 1. The lowest BCUT2D eigenvalue weighted by Gasteiger charge is -2.40. The maximum Gasteiger partial charge on any atom is 0.220 e. The molecule has 1 aliphatic heterocycles. The van der Waals surface area contributed by atoms with Crippen LogP contribution in [0.15, 0.2) is 12.2 Å². The highest BCUT2D eigenvalue weighted by atomic mass is 16.7. The van der Waals surface area contributed by atoms with Crippen LogP contribution in [-0.2, 0) is 14.3 Å². The van der Waals surface area contributed by atoms with Crippen LogP contribution in [0.4, 0.5) is 0 Å². The van der Waals surface area contributed by atoms with Crippen LogP contribution in [0, 0.1) is 0 Å². The lowest BCUT2D eigenvalue weighted by Crippen LogP contribution is -2.60. The molecule has 1 aliphatic rings. The molecular formula is C52H101NO8. The van der Waals surface area contributed by atoms with Crippen LogP contribution in [0.3, 0.4) is 0 Å². The van der Waals surface area contributed by atoms with Crippen molar-refractivity contribution < 1.29 is 39.8 Å². The number of aliphatic hydroxyl groups is 5. The van der Waals surface area contributed by atoms with Crippen LogP contribution < -0.4 is 5.32 Å². The molecule has 1 amide bonds. The highest BCUT2D eigenvalue weighted by Gasteiger charge is 2.44. The van der Waals surface area contributed by atoms with E-state index in [1.165, 1.54) is 199 Å². The van der Waals surface area contributed by atoms with Crippen LogP contribution in [0.2, 0.25) is 0 Å². The van der Waals surface area contributed by atoms with Crippen LogP contribution in [0.1, 0.15) is 258 Å². The van der Waals surface area contributed by atoms with Crippen molar-refractivity contribution >= 4 is 5.91 Å². The van der Waals surface area contributed by atoms with Crippen molar-refractivity contribution in [3.05, 3.63) is 12.2 Å². The molecule has 9 heteroatoms. The third-order valence-electron chi connectivity index (χ3n) is 12.9. The summed E-state index contributed by atoms with van der Waals surface area (Å²) in [4.78, 5) is 13.0. The Bertz CT molecular complexity index is 966. The molecule has 0 bridgehead atoms. The van der Waals surface area contributed by atoms with E-state index in [0.29, 0.717) is 6.42 Å². The molecule has 0 aromatic heterocycles. The summed E-state index contributed by atoms with van der Waals surface area (Å²) in [5, 5.41) is 54.3. The van der Waals surface area contributed by atoms with Gasteiger partial charge >= 0.3 is 0 Å². The summed E-state index contributed by atoms with van der Waals surface area (Å²) in [6.07, 6.45) is 44.1. The van der Waals surface area contributed by atoms with E-state index in [-0.39, 0.29) is 12.5 Å². The number of unbranched alkanes of at least 4 members (excludes halogenated alkanes) is 35. The Labute approximate surface area is 376 Å². The number of allylic oxidation sites excluding steroid dienone is 1. The van der Waals surface area contributed by atoms with Gasteiger partial charge in [-0.15, -0.1) is 0 Å². The number of hydrogen-bond acceptors (Lipinski definition) is 8. The van der Waals surface area contributed by atoms with Crippen molar-refractivity contribution in [3.63, 3.8) is 0 Å². The normalized spacial score (nSPS) is 20.4. The SMILES string of the molecule is CCCCCCCCCCCCCCC/C=C/C(O)C(COC1OC(CO)C(O)C(O)C1O)NC(=O)CCCCCCCCCCCCCCCCCCCCCCCCC. The fourth-order valence-electron chi connectivity index (χ4n) is 8.63. The van der Waals surface area contributed by atoms with Crippen LogP contribution in [-0.4, -0.2) is 87.5 Å². The molecule has 1 rings (SSSR count). The Kier molecular flexibility index (Phi) is 40.7. The highest BCUT2D eigenvalue weighted by molar-refractivity contribution is 5.76. The van der Waals surface area contributed by atoms with Gasteiger partial charge in [-0.05, 0) is 19.3 Å². The van der Waals surface area contributed by atoms with Crippen molar-refractivity contribution in [2.45, 2.75) is 301 Å². The fraction of sp³-hybridized carbons (Fsp3) is 0.942.